The fraction of sp³-hybridized carbons (Fsp3) is 0.231. The van der Waals surface area contributed by atoms with Crippen LogP contribution in [0.3, 0.4) is 0 Å². The van der Waals surface area contributed by atoms with Crippen LogP contribution in [0.2, 0.25) is 0 Å². The fourth-order valence-electron chi connectivity index (χ4n) is 3.58. The van der Waals surface area contributed by atoms with Crippen molar-refractivity contribution in [3.63, 3.8) is 0 Å². The Morgan fingerprint density at radius 1 is 1.00 bits per heavy atom. The number of ether oxygens (including phenoxy) is 2. The van der Waals surface area contributed by atoms with Crippen LogP contribution >= 0.6 is 31.9 Å². The van der Waals surface area contributed by atoms with Crippen LogP contribution in [0.1, 0.15) is 44.5 Å². The average molecular weight is 572 g/mol. The summed E-state index contributed by atoms with van der Waals surface area (Å²) in [6, 6.07) is 19.8. The molecule has 3 aromatic carbocycles. The normalized spacial score (nSPS) is 11.2. The van der Waals surface area contributed by atoms with Gasteiger partial charge in [-0.3, -0.25) is 4.79 Å². The Balaban J connectivity index is 1.66. The molecule has 4 rings (SSSR count). The van der Waals surface area contributed by atoms with Gasteiger partial charge < -0.3 is 14.0 Å². The van der Waals surface area contributed by atoms with Crippen molar-refractivity contribution in [2.45, 2.75) is 39.7 Å². The van der Waals surface area contributed by atoms with Crippen LogP contribution in [-0.2, 0) is 11.3 Å². The number of hydrogen-bond donors (Lipinski definition) is 0. The number of carbonyl (C=O) groups excluding carboxylic acids is 1. The highest BCUT2D eigenvalue weighted by atomic mass is 79.9. The summed E-state index contributed by atoms with van der Waals surface area (Å²) in [7, 11) is 0. The van der Waals surface area contributed by atoms with Crippen molar-refractivity contribution in [1.82, 2.24) is 9.55 Å². The van der Waals surface area contributed by atoms with Crippen molar-refractivity contribution >= 4 is 48.9 Å². The number of nitrogens with zero attached hydrogens (tertiary/aromatic N) is 2. The SMILES string of the molecule is CCC(=O)Oc1cc(Br)c(Oc2ccc3c(c2)nc(C(C)C)n3Cc2ccccc2)c(Br)c1. The zero-order chi connectivity index (χ0) is 23.5. The monoisotopic (exact) mass is 570 g/mol. The summed E-state index contributed by atoms with van der Waals surface area (Å²) in [6.45, 7) is 6.83. The summed E-state index contributed by atoms with van der Waals surface area (Å²) >= 11 is 7.05. The first kappa shape index (κ1) is 23.5. The Morgan fingerprint density at radius 3 is 2.33 bits per heavy atom. The van der Waals surface area contributed by atoms with Crippen LogP contribution < -0.4 is 9.47 Å². The van der Waals surface area contributed by atoms with E-state index in [0.29, 0.717) is 32.6 Å². The van der Waals surface area contributed by atoms with Gasteiger partial charge in [0.2, 0.25) is 0 Å². The summed E-state index contributed by atoms with van der Waals surface area (Å²) in [5, 5.41) is 0. The van der Waals surface area contributed by atoms with Crippen LogP contribution in [0.15, 0.2) is 69.6 Å². The smallest absolute Gasteiger partial charge is 0.310 e. The van der Waals surface area contributed by atoms with E-state index in [2.05, 4.69) is 74.5 Å². The topological polar surface area (TPSA) is 53.4 Å². The van der Waals surface area contributed by atoms with Crippen molar-refractivity contribution < 1.29 is 14.3 Å². The molecule has 0 N–H and O–H groups in total. The summed E-state index contributed by atoms with van der Waals surface area (Å²) in [5.74, 6) is 2.74. The number of imidazole rings is 1. The van der Waals surface area contributed by atoms with Gasteiger partial charge in [-0.2, -0.15) is 0 Å². The first-order valence-corrected chi connectivity index (χ1v) is 12.4. The molecule has 170 valence electrons. The molecule has 0 atom stereocenters. The lowest BCUT2D eigenvalue weighted by atomic mass is 10.2. The van der Waals surface area contributed by atoms with Crippen molar-refractivity contribution in [3.8, 4) is 17.2 Å². The Hall–Kier alpha value is -2.64. The van der Waals surface area contributed by atoms with Gasteiger partial charge in [0.1, 0.15) is 17.3 Å². The third kappa shape index (κ3) is 5.31. The van der Waals surface area contributed by atoms with E-state index in [0.717, 1.165) is 23.4 Å². The standard InChI is InChI=1S/C26H24Br2N2O3/c1-4-24(31)32-19-12-20(27)25(21(28)13-19)33-18-10-11-23-22(14-18)29-26(16(2)3)30(23)15-17-8-6-5-7-9-17/h5-14,16H,4,15H2,1-3H3. The van der Waals surface area contributed by atoms with Crippen LogP contribution in [0, 0.1) is 0 Å². The minimum Gasteiger partial charge on any atom is -0.455 e. The molecule has 0 amide bonds. The van der Waals surface area contributed by atoms with Gasteiger partial charge in [0.25, 0.3) is 0 Å². The quantitative estimate of drug-likeness (QED) is 0.167. The molecule has 5 nitrogen and oxygen atoms in total. The predicted octanol–water partition coefficient (Wildman–Crippen LogP) is 7.84. The number of rotatable bonds is 7. The molecule has 33 heavy (non-hydrogen) atoms. The number of halogens is 2. The van der Waals surface area contributed by atoms with E-state index in [4.69, 9.17) is 14.5 Å². The second-order valence-electron chi connectivity index (χ2n) is 7.99. The van der Waals surface area contributed by atoms with Crippen molar-refractivity contribution in [2.24, 2.45) is 0 Å². The molecule has 1 heterocycles. The molecule has 0 aliphatic heterocycles. The van der Waals surface area contributed by atoms with Gasteiger partial charge in [-0.05, 0) is 61.7 Å². The molecule has 4 aromatic rings. The van der Waals surface area contributed by atoms with Gasteiger partial charge in [-0.15, -0.1) is 0 Å². The van der Waals surface area contributed by atoms with E-state index >= 15 is 0 Å². The van der Waals surface area contributed by atoms with Gasteiger partial charge in [-0.1, -0.05) is 51.1 Å². The number of aromatic nitrogens is 2. The van der Waals surface area contributed by atoms with Crippen molar-refractivity contribution in [1.29, 1.82) is 0 Å². The number of hydrogen-bond acceptors (Lipinski definition) is 4. The molecule has 0 radical (unpaired) electrons. The Labute approximate surface area is 210 Å². The molecule has 0 aliphatic carbocycles. The highest BCUT2D eigenvalue weighted by Gasteiger charge is 2.17. The molecule has 0 spiro atoms. The summed E-state index contributed by atoms with van der Waals surface area (Å²) < 4.78 is 15.1. The maximum Gasteiger partial charge on any atom is 0.310 e. The number of esters is 1. The zero-order valence-corrected chi connectivity index (χ0v) is 21.8. The minimum atomic E-state index is -0.292. The third-order valence-electron chi connectivity index (χ3n) is 5.16. The third-order valence-corrected chi connectivity index (χ3v) is 6.34. The van der Waals surface area contributed by atoms with Crippen LogP contribution in [0.5, 0.6) is 17.2 Å². The molecular formula is C26H24Br2N2O3. The zero-order valence-electron chi connectivity index (χ0n) is 18.6. The molecule has 1 aromatic heterocycles. The van der Waals surface area contributed by atoms with E-state index in [1.807, 2.05) is 24.3 Å². The summed E-state index contributed by atoms with van der Waals surface area (Å²) in [6.07, 6.45) is 0.308. The van der Waals surface area contributed by atoms with E-state index in [-0.39, 0.29) is 11.9 Å². The molecule has 7 heteroatoms. The fourth-order valence-corrected chi connectivity index (χ4v) is 4.89. The first-order valence-electron chi connectivity index (χ1n) is 10.8. The molecular weight excluding hydrogens is 548 g/mol. The molecule has 0 unspecified atom stereocenters. The van der Waals surface area contributed by atoms with E-state index in [1.54, 1.807) is 19.1 Å². The predicted molar refractivity (Wildman–Crippen MR) is 137 cm³/mol. The van der Waals surface area contributed by atoms with E-state index in [1.165, 1.54) is 5.56 Å². The van der Waals surface area contributed by atoms with Gasteiger partial charge in [0, 0.05) is 24.9 Å². The maximum absolute atomic E-state index is 11.6. The minimum absolute atomic E-state index is 0.284. The van der Waals surface area contributed by atoms with Crippen molar-refractivity contribution in [2.75, 3.05) is 0 Å². The number of benzene rings is 3. The molecule has 0 aliphatic rings. The first-order chi connectivity index (χ1) is 15.9. The second kappa shape index (κ2) is 10.1. The molecule has 0 saturated carbocycles. The largest absolute Gasteiger partial charge is 0.455 e. The van der Waals surface area contributed by atoms with Crippen LogP contribution in [-0.4, -0.2) is 15.5 Å². The van der Waals surface area contributed by atoms with Gasteiger partial charge in [-0.25, -0.2) is 4.98 Å². The summed E-state index contributed by atoms with van der Waals surface area (Å²) in [4.78, 5) is 16.5. The van der Waals surface area contributed by atoms with Crippen LogP contribution in [0.25, 0.3) is 11.0 Å². The van der Waals surface area contributed by atoms with Crippen LogP contribution in [0.4, 0.5) is 0 Å². The lowest BCUT2D eigenvalue weighted by molar-refractivity contribution is -0.134. The average Bonchev–Trinajstić information content (AvgIpc) is 3.15. The van der Waals surface area contributed by atoms with Gasteiger partial charge >= 0.3 is 5.97 Å². The molecule has 0 saturated heterocycles. The highest BCUT2D eigenvalue weighted by Crippen LogP contribution is 2.40. The van der Waals surface area contributed by atoms with Gasteiger partial charge in [0.15, 0.2) is 5.75 Å². The lowest BCUT2D eigenvalue weighted by Gasteiger charge is -2.13. The Kier molecular flexibility index (Phi) is 7.20. The van der Waals surface area contributed by atoms with E-state index in [9.17, 15) is 4.79 Å². The number of fused-ring (bicyclic) bond motifs is 1. The Bertz CT molecular complexity index is 1280. The van der Waals surface area contributed by atoms with Crippen molar-refractivity contribution in [3.05, 3.63) is 81.0 Å². The highest BCUT2D eigenvalue weighted by molar-refractivity contribution is 9.11. The number of carbonyl (C=O) groups is 1. The Morgan fingerprint density at radius 2 is 1.70 bits per heavy atom. The lowest BCUT2D eigenvalue weighted by Crippen LogP contribution is -2.06. The maximum atomic E-state index is 11.6. The van der Waals surface area contributed by atoms with Gasteiger partial charge in [0.05, 0.1) is 20.0 Å². The van der Waals surface area contributed by atoms with E-state index < -0.39 is 0 Å². The molecule has 0 fully saturated rings. The summed E-state index contributed by atoms with van der Waals surface area (Å²) in [5.41, 5.74) is 3.18. The molecule has 0 bridgehead atoms. The second-order valence-corrected chi connectivity index (χ2v) is 9.70.